The van der Waals surface area contributed by atoms with E-state index in [9.17, 15) is 0 Å². The van der Waals surface area contributed by atoms with Gasteiger partial charge >= 0.3 is 0 Å². The van der Waals surface area contributed by atoms with Gasteiger partial charge in [0.1, 0.15) is 0 Å². The summed E-state index contributed by atoms with van der Waals surface area (Å²) in [5.41, 5.74) is 2.84. The molecule has 1 heterocycles. The minimum Gasteiger partial charge on any atom is -0.282 e. The predicted molar refractivity (Wildman–Crippen MR) is 54.7 cm³/mol. The molecule has 0 bridgehead atoms. The summed E-state index contributed by atoms with van der Waals surface area (Å²) in [6.07, 6.45) is 11.2. The summed E-state index contributed by atoms with van der Waals surface area (Å²) in [6, 6.07) is 0. The molecule has 0 fully saturated rings. The highest BCUT2D eigenvalue weighted by atomic mass is 15.6. The van der Waals surface area contributed by atoms with Crippen LogP contribution in [0.1, 0.15) is 19.8 Å². The lowest BCUT2D eigenvalue weighted by Gasteiger charge is -2.29. The number of likely N-dealkylation sites (N-methyl/N-ethyl adjacent to an activating group) is 1. The Kier molecular flexibility index (Phi) is 2.23. The Morgan fingerprint density at radius 3 is 2.77 bits per heavy atom. The smallest absolute Gasteiger partial charge is 0.0559 e. The summed E-state index contributed by atoms with van der Waals surface area (Å²) >= 11 is 0. The molecule has 0 spiro atoms. The third kappa shape index (κ3) is 1.54. The van der Waals surface area contributed by atoms with Crippen LogP contribution in [0.4, 0.5) is 0 Å². The molecule has 0 aromatic rings. The summed E-state index contributed by atoms with van der Waals surface area (Å²) < 4.78 is 0. The van der Waals surface area contributed by atoms with E-state index >= 15 is 0 Å². The molecule has 0 unspecified atom stereocenters. The topological polar surface area (TPSA) is 6.48 Å². The van der Waals surface area contributed by atoms with E-state index in [2.05, 4.69) is 48.4 Å². The molecule has 0 atom stereocenters. The zero-order valence-electron chi connectivity index (χ0n) is 8.33. The summed E-state index contributed by atoms with van der Waals surface area (Å²) in [6.45, 7) is 3.24. The van der Waals surface area contributed by atoms with Crippen molar-refractivity contribution >= 4 is 0 Å². The standard InChI is InChI=1S/C11H16N2/c1-10-6-3-4-7-11(10)13-9-5-8-12(13)2/h4-5,7,9H,3,6,8H2,1-2H3. The zero-order valence-corrected chi connectivity index (χ0v) is 8.33. The molecule has 2 heteroatoms. The van der Waals surface area contributed by atoms with Crippen molar-refractivity contribution in [2.45, 2.75) is 19.8 Å². The van der Waals surface area contributed by atoms with Gasteiger partial charge in [0.25, 0.3) is 0 Å². The third-order valence-corrected chi connectivity index (χ3v) is 2.63. The molecule has 1 aliphatic heterocycles. The predicted octanol–water partition coefficient (Wildman–Crippen LogP) is 2.29. The van der Waals surface area contributed by atoms with E-state index in [0.29, 0.717) is 0 Å². The van der Waals surface area contributed by atoms with Crippen LogP contribution in [-0.2, 0) is 0 Å². The quantitative estimate of drug-likeness (QED) is 0.605. The maximum Gasteiger partial charge on any atom is 0.0559 e. The monoisotopic (exact) mass is 176 g/mol. The first kappa shape index (κ1) is 8.57. The van der Waals surface area contributed by atoms with Crippen LogP contribution in [0.5, 0.6) is 0 Å². The Labute approximate surface area is 79.8 Å². The van der Waals surface area contributed by atoms with Crippen molar-refractivity contribution in [1.29, 1.82) is 0 Å². The first-order valence-corrected chi connectivity index (χ1v) is 4.82. The van der Waals surface area contributed by atoms with Gasteiger partial charge in [0, 0.05) is 19.8 Å². The molecule has 0 saturated carbocycles. The summed E-state index contributed by atoms with van der Waals surface area (Å²) in [5, 5.41) is 4.44. The van der Waals surface area contributed by atoms with Crippen molar-refractivity contribution in [3.8, 4) is 0 Å². The Morgan fingerprint density at radius 2 is 2.15 bits per heavy atom. The largest absolute Gasteiger partial charge is 0.282 e. The highest BCUT2D eigenvalue weighted by molar-refractivity contribution is 5.29. The second kappa shape index (κ2) is 3.38. The van der Waals surface area contributed by atoms with Crippen LogP contribution < -0.4 is 0 Å². The van der Waals surface area contributed by atoms with Gasteiger partial charge < -0.3 is 0 Å². The van der Waals surface area contributed by atoms with Crippen LogP contribution >= 0.6 is 0 Å². The maximum atomic E-state index is 2.25. The van der Waals surface area contributed by atoms with E-state index in [1.807, 2.05) is 0 Å². The van der Waals surface area contributed by atoms with Crippen LogP contribution in [0.15, 0.2) is 35.7 Å². The van der Waals surface area contributed by atoms with E-state index in [-0.39, 0.29) is 0 Å². The first-order valence-electron chi connectivity index (χ1n) is 4.82. The van der Waals surface area contributed by atoms with E-state index in [4.69, 9.17) is 0 Å². The van der Waals surface area contributed by atoms with Gasteiger partial charge in [-0.1, -0.05) is 12.2 Å². The van der Waals surface area contributed by atoms with Crippen molar-refractivity contribution in [2.24, 2.45) is 0 Å². The summed E-state index contributed by atoms with van der Waals surface area (Å²) in [5.74, 6) is 0. The Balaban J connectivity index is 2.24. The van der Waals surface area contributed by atoms with Gasteiger partial charge in [-0.25, -0.2) is 5.01 Å². The molecular formula is C11H16N2. The normalized spacial score (nSPS) is 23.4. The number of allylic oxidation sites excluding steroid dienone is 3. The fourth-order valence-electron chi connectivity index (χ4n) is 1.80. The van der Waals surface area contributed by atoms with Crippen LogP contribution in [0.3, 0.4) is 0 Å². The lowest BCUT2D eigenvalue weighted by Crippen LogP contribution is -2.31. The molecule has 0 radical (unpaired) electrons. The molecule has 1 aliphatic carbocycles. The van der Waals surface area contributed by atoms with E-state index < -0.39 is 0 Å². The lowest BCUT2D eigenvalue weighted by molar-refractivity contribution is 0.128. The minimum atomic E-state index is 1.02. The number of hydrogen-bond donors (Lipinski definition) is 0. The van der Waals surface area contributed by atoms with E-state index in [1.165, 1.54) is 24.1 Å². The molecule has 13 heavy (non-hydrogen) atoms. The zero-order chi connectivity index (χ0) is 9.26. The molecule has 0 aromatic heterocycles. The van der Waals surface area contributed by atoms with Crippen LogP contribution in [0.2, 0.25) is 0 Å². The molecule has 2 rings (SSSR count). The number of rotatable bonds is 1. The third-order valence-electron chi connectivity index (χ3n) is 2.63. The van der Waals surface area contributed by atoms with Gasteiger partial charge in [0.2, 0.25) is 0 Å². The first-order chi connectivity index (χ1) is 6.29. The summed E-state index contributed by atoms with van der Waals surface area (Å²) in [7, 11) is 2.11. The van der Waals surface area contributed by atoms with Crippen LogP contribution in [-0.4, -0.2) is 23.6 Å². The van der Waals surface area contributed by atoms with Crippen molar-refractivity contribution < 1.29 is 0 Å². The van der Waals surface area contributed by atoms with E-state index in [1.54, 1.807) is 0 Å². The Bertz CT molecular complexity index is 286. The minimum absolute atomic E-state index is 1.02. The van der Waals surface area contributed by atoms with Gasteiger partial charge in [-0.15, -0.1) is 0 Å². The molecule has 0 aromatic carbocycles. The van der Waals surface area contributed by atoms with Crippen molar-refractivity contribution in [3.63, 3.8) is 0 Å². The second-order valence-corrected chi connectivity index (χ2v) is 3.68. The molecular weight excluding hydrogens is 160 g/mol. The molecule has 0 saturated heterocycles. The van der Waals surface area contributed by atoms with Gasteiger partial charge in [-0.3, -0.25) is 5.01 Å². The lowest BCUT2D eigenvalue weighted by atomic mass is 10.0. The molecule has 0 N–H and O–H groups in total. The number of hydrazine groups is 1. The maximum absolute atomic E-state index is 2.25. The van der Waals surface area contributed by atoms with Crippen LogP contribution in [0, 0.1) is 0 Å². The molecule has 0 amide bonds. The highest BCUT2D eigenvalue weighted by Crippen LogP contribution is 2.24. The molecule has 70 valence electrons. The summed E-state index contributed by atoms with van der Waals surface area (Å²) in [4.78, 5) is 0. The SMILES string of the molecule is CC1=C(N2C=CCN2C)C=CCC1. The number of hydrogen-bond acceptors (Lipinski definition) is 2. The van der Waals surface area contributed by atoms with E-state index in [0.717, 1.165) is 6.54 Å². The average Bonchev–Trinajstić information content (AvgIpc) is 2.52. The molecule has 2 nitrogen and oxygen atoms in total. The average molecular weight is 176 g/mol. The van der Waals surface area contributed by atoms with Crippen molar-refractivity contribution in [2.75, 3.05) is 13.6 Å². The molecule has 2 aliphatic rings. The van der Waals surface area contributed by atoms with Gasteiger partial charge in [-0.2, -0.15) is 0 Å². The van der Waals surface area contributed by atoms with Gasteiger partial charge in [0.05, 0.1) is 5.70 Å². The Hall–Kier alpha value is -1.02. The van der Waals surface area contributed by atoms with Crippen molar-refractivity contribution in [1.82, 2.24) is 10.0 Å². The van der Waals surface area contributed by atoms with Crippen molar-refractivity contribution in [3.05, 3.63) is 35.7 Å². The Morgan fingerprint density at radius 1 is 1.31 bits per heavy atom. The fraction of sp³-hybridized carbons (Fsp3) is 0.455. The fourth-order valence-corrected chi connectivity index (χ4v) is 1.80. The highest BCUT2D eigenvalue weighted by Gasteiger charge is 2.17. The second-order valence-electron chi connectivity index (χ2n) is 3.68. The van der Waals surface area contributed by atoms with Gasteiger partial charge in [0.15, 0.2) is 0 Å². The number of nitrogens with zero attached hydrogens (tertiary/aromatic N) is 2. The van der Waals surface area contributed by atoms with Gasteiger partial charge in [-0.05, 0) is 31.4 Å². The van der Waals surface area contributed by atoms with Crippen LogP contribution in [0.25, 0.3) is 0 Å².